The highest BCUT2D eigenvalue weighted by atomic mass is 16.5. The van der Waals surface area contributed by atoms with Gasteiger partial charge in [0.2, 0.25) is 0 Å². The third-order valence-electron chi connectivity index (χ3n) is 3.63. The van der Waals surface area contributed by atoms with Crippen LogP contribution in [0.15, 0.2) is 55.1 Å². The van der Waals surface area contributed by atoms with Gasteiger partial charge in [-0.25, -0.2) is 9.59 Å². The fraction of sp³-hybridized carbons (Fsp3) is 0.190. The number of carbonyl (C=O) groups excluding carboxylic acids is 3. The zero-order valence-electron chi connectivity index (χ0n) is 15.2. The first-order valence-electron chi connectivity index (χ1n) is 8.21. The SMILES string of the molecule is C=CCc1cc(C(=O)OC)cc(C(=O)OCc2ccccc2)c1OC(C)=O. The van der Waals surface area contributed by atoms with Gasteiger partial charge in [0.25, 0.3) is 0 Å². The molecule has 0 N–H and O–H groups in total. The fourth-order valence-electron chi connectivity index (χ4n) is 2.45. The van der Waals surface area contributed by atoms with Crippen LogP contribution in [-0.2, 0) is 27.3 Å². The van der Waals surface area contributed by atoms with Gasteiger partial charge in [-0.2, -0.15) is 0 Å². The van der Waals surface area contributed by atoms with Crippen LogP contribution in [-0.4, -0.2) is 25.0 Å². The molecule has 0 heterocycles. The molecule has 0 unspecified atom stereocenters. The molecule has 2 aromatic carbocycles. The highest BCUT2D eigenvalue weighted by molar-refractivity contribution is 5.98. The number of methoxy groups -OCH3 is 1. The van der Waals surface area contributed by atoms with Crippen molar-refractivity contribution < 1.29 is 28.6 Å². The smallest absolute Gasteiger partial charge is 0.342 e. The van der Waals surface area contributed by atoms with Crippen molar-refractivity contribution in [3.05, 3.63) is 77.4 Å². The van der Waals surface area contributed by atoms with Crippen molar-refractivity contribution in [2.75, 3.05) is 7.11 Å². The molecule has 2 rings (SSSR count). The molecule has 0 aliphatic carbocycles. The van der Waals surface area contributed by atoms with E-state index < -0.39 is 17.9 Å². The molecule has 0 spiro atoms. The van der Waals surface area contributed by atoms with E-state index in [2.05, 4.69) is 6.58 Å². The lowest BCUT2D eigenvalue weighted by molar-refractivity contribution is -0.131. The van der Waals surface area contributed by atoms with Crippen molar-refractivity contribution in [3.8, 4) is 5.75 Å². The van der Waals surface area contributed by atoms with E-state index >= 15 is 0 Å². The largest absolute Gasteiger partial charge is 0.465 e. The van der Waals surface area contributed by atoms with Crippen LogP contribution in [0.3, 0.4) is 0 Å². The number of carbonyl (C=O) groups is 3. The highest BCUT2D eigenvalue weighted by Gasteiger charge is 2.23. The summed E-state index contributed by atoms with van der Waals surface area (Å²) in [6.07, 6.45) is 1.86. The predicted octanol–water partition coefficient (Wildman–Crippen LogP) is 3.48. The van der Waals surface area contributed by atoms with Gasteiger partial charge in [-0.05, 0) is 24.1 Å². The Kier molecular flexibility index (Phi) is 6.88. The second-order valence-electron chi connectivity index (χ2n) is 5.65. The number of esters is 3. The van der Waals surface area contributed by atoms with E-state index in [1.165, 1.54) is 26.2 Å². The van der Waals surface area contributed by atoms with Crippen molar-refractivity contribution in [2.24, 2.45) is 0 Å². The van der Waals surface area contributed by atoms with Crippen LogP contribution in [0.5, 0.6) is 5.75 Å². The maximum absolute atomic E-state index is 12.6. The van der Waals surface area contributed by atoms with Crippen LogP contribution < -0.4 is 4.74 Å². The van der Waals surface area contributed by atoms with E-state index in [-0.39, 0.29) is 29.9 Å². The molecule has 0 saturated carbocycles. The Balaban J connectivity index is 2.43. The molecule has 0 radical (unpaired) electrons. The molecule has 0 aliphatic heterocycles. The number of ether oxygens (including phenoxy) is 3. The maximum atomic E-state index is 12.6. The summed E-state index contributed by atoms with van der Waals surface area (Å²) < 4.78 is 15.3. The Labute approximate surface area is 157 Å². The van der Waals surface area contributed by atoms with Crippen LogP contribution in [0.4, 0.5) is 0 Å². The average Bonchev–Trinajstić information content (AvgIpc) is 2.67. The Hall–Kier alpha value is -3.41. The first kappa shape index (κ1) is 19.9. The van der Waals surface area contributed by atoms with Gasteiger partial charge < -0.3 is 14.2 Å². The molecular weight excluding hydrogens is 348 g/mol. The van der Waals surface area contributed by atoms with Crippen molar-refractivity contribution in [1.29, 1.82) is 0 Å². The molecule has 0 aromatic heterocycles. The van der Waals surface area contributed by atoms with E-state index in [0.717, 1.165) is 5.56 Å². The molecule has 6 nitrogen and oxygen atoms in total. The van der Waals surface area contributed by atoms with Gasteiger partial charge in [-0.3, -0.25) is 4.79 Å². The number of allylic oxidation sites excluding steroid dienone is 1. The Morgan fingerprint density at radius 1 is 1.07 bits per heavy atom. The summed E-state index contributed by atoms with van der Waals surface area (Å²) in [5, 5.41) is 0. The topological polar surface area (TPSA) is 78.9 Å². The third kappa shape index (κ3) is 5.28. The van der Waals surface area contributed by atoms with Crippen LogP contribution in [0, 0.1) is 0 Å². The highest BCUT2D eigenvalue weighted by Crippen LogP contribution is 2.29. The van der Waals surface area contributed by atoms with Gasteiger partial charge in [0.15, 0.2) is 0 Å². The first-order chi connectivity index (χ1) is 13.0. The second kappa shape index (κ2) is 9.33. The zero-order chi connectivity index (χ0) is 19.8. The zero-order valence-corrected chi connectivity index (χ0v) is 15.2. The summed E-state index contributed by atoms with van der Waals surface area (Å²) in [5.74, 6) is -1.88. The van der Waals surface area contributed by atoms with Gasteiger partial charge in [-0.1, -0.05) is 36.4 Å². The van der Waals surface area contributed by atoms with E-state index in [4.69, 9.17) is 14.2 Å². The van der Waals surface area contributed by atoms with Gasteiger partial charge in [-0.15, -0.1) is 6.58 Å². The van der Waals surface area contributed by atoms with E-state index in [1.807, 2.05) is 30.3 Å². The number of hydrogen-bond donors (Lipinski definition) is 0. The van der Waals surface area contributed by atoms with E-state index in [9.17, 15) is 14.4 Å². The molecule has 0 atom stereocenters. The first-order valence-corrected chi connectivity index (χ1v) is 8.21. The minimum Gasteiger partial charge on any atom is -0.465 e. The average molecular weight is 368 g/mol. The minimum absolute atomic E-state index is 0.0270. The summed E-state index contributed by atoms with van der Waals surface area (Å²) in [6.45, 7) is 4.92. The lowest BCUT2D eigenvalue weighted by Gasteiger charge is -2.15. The molecular formula is C21H20O6. The fourth-order valence-corrected chi connectivity index (χ4v) is 2.45. The maximum Gasteiger partial charge on any atom is 0.342 e. The lowest BCUT2D eigenvalue weighted by atomic mass is 10.0. The lowest BCUT2D eigenvalue weighted by Crippen LogP contribution is -2.14. The molecule has 27 heavy (non-hydrogen) atoms. The van der Waals surface area contributed by atoms with E-state index in [1.54, 1.807) is 6.08 Å². The predicted molar refractivity (Wildman–Crippen MR) is 98.6 cm³/mol. The molecule has 0 aliphatic rings. The van der Waals surface area contributed by atoms with Gasteiger partial charge in [0, 0.05) is 12.5 Å². The molecule has 0 saturated heterocycles. The number of benzene rings is 2. The van der Waals surface area contributed by atoms with Crippen LogP contribution >= 0.6 is 0 Å². The molecule has 0 amide bonds. The van der Waals surface area contributed by atoms with Crippen molar-refractivity contribution in [1.82, 2.24) is 0 Å². The minimum atomic E-state index is -0.717. The Morgan fingerprint density at radius 3 is 2.37 bits per heavy atom. The van der Waals surface area contributed by atoms with Gasteiger partial charge in [0.1, 0.15) is 17.9 Å². The molecule has 6 heteroatoms. The molecule has 0 fully saturated rings. The van der Waals surface area contributed by atoms with E-state index in [0.29, 0.717) is 5.56 Å². The van der Waals surface area contributed by atoms with Crippen molar-refractivity contribution in [3.63, 3.8) is 0 Å². The quantitative estimate of drug-likeness (QED) is 0.423. The van der Waals surface area contributed by atoms with Crippen LogP contribution in [0.2, 0.25) is 0 Å². The van der Waals surface area contributed by atoms with Crippen LogP contribution in [0.25, 0.3) is 0 Å². The van der Waals surface area contributed by atoms with Crippen molar-refractivity contribution >= 4 is 17.9 Å². The summed E-state index contributed by atoms with van der Waals surface area (Å²) in [4.78, 5) is 36.1. The summed E-state index contributed by atoms with van der Waals surface area (Å²) in [6, 6.07) is 11.9. The van der Waals surface area contributed by atoms with Gasteiger partial charge >= 0.3 is 17.9 Å². The summed E-state index contributed by atoms with van der Waals surface area (Å²) in [5.41, 5.74) is 1.38. The Morgan fingerprint density at radius 2 is 1.78 bits per heavy atom. The normalized spacial score (nSPS) is 10.0. The Bertz CT molecular complexity index is 854. The van der Waals surface area contributed by atoms with Crippen LogP contribution in [0.1, 0.15) is 38.8 Å². The second-order valence-corrected chi connectivity index (χ2v) is 5.65. The number of rotatable bonds is 7. The molecule has 140 valence electrons. The standard InChI is InChI=1S/C21H20O6/c1-4-8-16-11-17(20(23)25-3)12-18(19(16)27-14(2)22)21(24)26-13-15-9-6-5-7-10-15/h4-7,9-12H,1,8,13H2,2-3H3. The monoisotopic (exact) mass is 368 g/mol. The molecule has 0 bridgehead atoms. The summed E-state index contributed by atoms with van der Waals surface area (Å²) >= 11 is 0. The number of hydrogen-bond acceptors (Lipinski definition) is 6. The van der Waals surface area contributed by atoms with Gasteiger partial charge in [0.05, 0.1) is 12.7 Å². The third-order valence-corrected chi connectivity index (χ3v) is 3.63. The van der Waals surface area contributed by atoms with Crippen molar-refractivity contribution in [2.45, 2.75) is 20.0 Å². The molecule has 2 aromatic rings. The summed E-state index contributed by atoms with van der Waals surface area (Å²) in [7, 11) is 1.24.